The fourth-order valence-electron chi connectivity index (χ4n) is 4.93. The van der Waals surface area contributed by atoms with Crippen LogP contribution in [0.5, 0.6) is 0 Å². The van der Waals surface area contributed by atoms with Crippen LogP contribution in [0.2, 0.25) is 0 Å². The fourth-order valence-corrected chi connectivity index (χ4v) is 4.93. The molecule has 1 fully saturated rings. The van der Waals surface area contributed by atoms with E-state index in [2.05, 4.69) is 63.6 Å². The highest BCUT2D eigenvalue weighted by Crippen LogP contribution is 2.41. The van der Waals surface area contributed by atoms with Gasteiger partial charge in [0.25, 0.3) is 0 Å². The second kappa shape index (κ2) is 8.52. The maximum atomic E-state index is 11.7. The molecule has 4 aromatic rings. The van der Waals surface area contributed by atoms with E-state index in [4.69, 9.17) is 4.98 Å². The van der Waals surface area contributed by atoms with Crippen LogP contribution in [0.25, 0.3) is 22.2 Å². The molecule has 6 rings (SSSR count). The maximum Gasteiger partial charge on any atom is 0.240 e. The number of hydrazone groups is 1. The van der Waals surface area contributed by atoms with Gasteiger partial charge < -0.3 is 4.57 Å². The third-order valence-corrected chi connectivity index (χ3v) is 6.93. The Hall–Kier alpha value is -4.24. The van der Waals surface area contributed by atoms with E-state index in [1.807, 2.05) is 31.2 Å². The van der Waals surface area contributed by atoms with E-state index >= 15 is 0 Å². The lowest BCUT2D eigenvalue weighted by atomic mass is 9.94. The highest BCUT2D eigenvalue weighted by atomic mass is 16.2. The third-order valence-electron chi connectivity index (χ3n) is 6.93. The molecule has 6 heteroatoms. The lowest BCUT2D eigenvalue weighted by Crippen LogP contribution is -2.31. The number of amides is 1. The van der Waals surface area contributed by atoms with E-state index in [1.54, 1.807) is 0 Å². The van der Waals surface area contributed by atoms with E-state index in [0.29, 0.717) is 17.9 Å². The van der Waals surface area contributed by atoms with Gasteiger partial charge in [-0.05, 0) is 47.7 Å². The van der Waals surface area contributed by atoms with Crippen LogP contribution in [-0.4, -0.2) is 21.2 Å². The van der Waals surface area contributed by atoms with Crippen molar-refractivity contribution in [2.45, 2.75) is 38.6 Å². The number of nitriles is 1. The first-order valence-corrected chi connectivity index (χ1v) is 12.1. The van der Waals surface area contributed by atoms with Crippen molar-refractivity contribution in [2.24, 2.45) is 11.0 Å². The molecule has 35 heavy (non-hydrogen) atoms. The Kier molecular flexibility index (Phi) is 5.18. The molecule has 1 aliphatic heterocycles. The molecule has 0 saturated heterocycles. The second-order valence-corrected chi connectivity index (χ2v) is 9.53. The zero-order valence-corrected chi connectivity index (χ0v) is 19.5. The third kappa shape index (κ3) is 4.00. The zero-order chi connectivity index (χ0) is 23.9. The van der Waals surface area contributed by atoms with E-state index in [9.17, 15) is 10.1 Å². The summed E-state index contributed by atoms with van der Waals surface area (Å²) < 4.78 is 2.33. The number of carbonyl (C=O) groups excluding carboxylic acids is 1. The molecule has 2 heterocycles. The largest absolute Gasteiger partial charge is 0.323 e. The Morgan fingerprint density at radius 2 is 1.83 bits per heavy atom. The molecule has 2 aliphatic rings. The normalized spacial score (nSPS) is 17.7. The van der Waals surface area contributed by atoms with Gasteiger partial charge in [0, 0.05) is 30.4 Å². The number of carbonyl (C=O) groups is 1. The summed E-state index contributed by atoms with van der Waals surface area (Å²) in [6, 6.07) is 24.7. The Labute approximate surface area is 203 Å². The summed E-state index contributed by atoms with van der Waals surface area (Å²) in [6.07, 6.45) is 2.80. The van der Waals surface area contributed by atoms with E-state index < -0.39 is 0 Å². The SMILES string of the molecule is CC1CC(=O)NN=C1c1ccc2nc(C3CC3)n(Cc3ccc(-c4ccccc4C#N)cc3)c2c1. The number of rotatable bonds is 5. The lowest BCUT2D eigenvalue weighted by Gasteiger charge is -2.19. The van der Waals surface area contributed by atoms with Crippen molar-refractivity contribution in [1.29, 1.82) is 5.26 Å². The van der Waals surface area contributed by atoms with Crippen LogP contribution in [-0.2, 0) is 11.3 Å². The summed E-state index contributed by atoms with van der Waals surface area (Å²) in [5, 5.41) is 13.8. The van der Waals surface area contributed by atoms with Crippen molar-refractivity contribution in [3.63, 3.8) is 0 Å². The van der Waals surface area contributed by atoms with E-state index in [1.165, 1.54) is 18.4 Å². The lowest BCUT2D eigenvalue weighted by molar-refractivity contribution is -0.121. The van der Waals surface area contributed by atoms with Gasteiger partial charge in [-0.15, -0.1) is 0 Å². The van der Waals surface area contributed by atoms with Crippen LogP contribution in [0.3, 0.4) is 0 Å². The number of nitrogens with one attached hydrogen (secondary N) is 1. The summed E-state index contributed by atoms with van der Waals surface area (Å²) in [5.41, 5.74) is 10.5. The Bertz CT molecular complexity index is 1520. The number of benzene rings is 3. The van der Waals surface area contributed by atoms with Gasteiger partial charge in [-0.25, -0.2) is 10.4 Å². The highest BCUT2D eigenvalue weighted by molar-refractivity contribution is 6.07. The summed E-state index contributed by atoms with van der Waals surface area (Å²) >= 11 is 0. The molecule has 1 N–H and O–H groups in total. The average molecular weight is 460 g/mol. The molecule has 1 saturated carbocycles. The van der Waals surface area contributed by atoms with Gasteiger partial charge in [-0.3, -0.25) is 4.79 Å². The first-order chi connectivity index (χ1) is 17.1. The Morgan fingerprint density at radius 3 is 2.57 bits per heavy atom. The quantitative estimate of drug-likeness (QED) is 0.436. The first-order valence-electron chi connectivity index (χ1n) is 12.1. The minimum atomic E-state index is -0.0378. The van der Waals surface area contributed by atoms with Crippen molar-refractivity contribution >= 4 is 22.7 Å². The summed E-state index contributed by atoms with van der Waals surface area (Å²) in [6.45, 7) is 2.77. The first kappa shape index (κ1) is 21.3. The van der Waals surface area contributed by atoms with E-state index in [0.717, 1.165) is 45.8 Å². The number of aromatic nitrogens is 2. The van der Waals surface area contributed by atoms with Crippen LogP contribution >= 0.6 is 0 Å². The van der Waals surface area contributed by atoms with Gasteiger partial charge >= 0.3 is 0 Å². The number of fused-ring (bicyclic) bond motifs is 1. The number of hydrogen-bond acceptors (Lipinski definition) is 4. The summed E-state index contributed by atoms with van der Waals surface area (Å²) in [7, 11) is 0. The molecule has 0 radical (unpaired) electrons. The van der Waals surface area contributed by atoms with Crippen LogP contribution in [0.15, 0.2) is 71.8 Å². The monoisotopic (exact) mass is 459 g/mol. The predicted octanol–water partition coefficient (Wildman–Crippen LogP) is 5.36. The van der Waals surface area contributed by atoms with Crippen LogP contribution in [0.1, 0.15) is 54.6 Å². The molecule has 172 valence electrons. The van der Waals surface area contributed by atoms with Crippen LogP contribution < -0.4 is 5.43 Å². The standard InChI is InChI=1S/C29H25N5O/c1-18-14-27(35)32-33-28(18)22-12-13-25-26(15-22)34(29(31-25)21-10-11-21)17-19-6-8-20(9-7-19)24-5-3-2-4-23(24)16-30/h2-9,12-13,15,18,21H,10-11,14,17H2,1H3,(H,32,35). The van der Waals surface area contributed by atoms with Crippen LogP contribution in [0, 0.1) is 17.2 Å². The second-order valence-electron chi connectivity index (χ2n) is 9.53. The van der Waals surface area contributed by atoms with Gasteiger partial charge in [0.1, 0.15) is 5.82 Å². The summed E-state index contributed by atoms with van der Waals surface area (Å²) in [4.78, 5) is 16.7. The smallest absolute Gasteiger partial charge is 0.240 e. The minimum absolute atomic E-state index is 0.0378. The average Bonchev–Trinajstić information content (AvgIpc) is 3.67. The molecule has 3 aromatic carbocycles. The van der Waals surface area contributed by atoms with Crippen molar-refractivity contribution in [1.82, 2.24) is 15.0 Å². The van der Waals surface area contributed by atoms with Crippen molar-refractivity contribution in [3.05, 3.63) is 89.2 Å². The van der Waals surface area contributed by atoms with Gasteiger partial charge in [0.15, 0.2) is 0 Å². The molecule has 6 nitrogen and oxygen atoms in total. The molecule has 1 aliphatic carbocycles. The molecule has 1 aromatic heterocycles. The fraction of sp³-hybridized carbons (Fsp3) is 0.241. The van der Waals surface area contributed by atoms with E-state index in [-0.39, 0.29) is 11.8 Å². The molecule has 1 unspecified atom stereocenters. The molecule has 0 spiro atoms. The van der Waals surface area contributed by atoms with Crippen molar-refractivity contribution < 1.29 is 4.79 Å². The summed E-state index contributed by atoms with van der Waals surface area (Å²) in [5.74, 6) is 1.69. The number of imidazole rings is 1. The zero-order valence-electron chi connectivity index (χ0n) is 19.5. The molecule has 0 bridgehead atoms. The molecule has 1 atom stereocenters. The Morgan fingerprint density at radius 1 is 1.06 bits per heavy atom. The van der Waals surface area contributed by atoms with Gasteiger partial charge in [-0.1, -0.05) is 55.5 Å². The minimum Gasteiger partial charge on any atom is -0.323 e. The highest BCUT2D eigenvalue weighted by Gasteiger charge is 2.30. The van der Waals surface area contributed by atoms with Gasteiger partial charge in [0.05, 0.1) is 28.4 Å². The van der Waals surface area contributed by atoms with Crippen molar-refractivity contribution in [2.75, 3.05) is 0 Å². The topological polar surface area (TPSA) is 83.1 Å². The molecular formula is C29H25N5O. The number of nitrogens with zero attached hydrogens (tertiary/aromatic N) is 4. The Balaban J connectivity index is 1.37. The van der Waals surface area contributed by atoms with Crippen molar-refractivity contribution in [3.8, 4) is 17.2 Å². The number of hydrogen-bond donors (Lipinski definition) is 1. The molecular weight excluding hydrogens is 434 g/mol. The van der Waals surface area contributed by atoms with Gasteiger partial charge in [0.2, 0.25) is 5.91 Å². The predicted molar refractivity (Wildman–Crippen MR) is 136 cm³/mol. The van der Waals surface area contributed by atoms with Gasteiger partial charge in [-0.2, -0.15) is 10.4 Å². The maximum absolute atomic E-state index is 11.7. The molecule has 1 amide bonds. The van der Waals surface area contributed by atoms with Crippen LogP contribution in [0.4, 0.5) is 0 Å².